The van der Waals surface area contributed by atoms with Crippen molar-refractivity contribution in [2.45, 2.75) is 36.6 Å². The molecular weight excluding hydrogens is 685 g/mol. The third kappa shape index (κ3) is 9.38. The van der Waals surface area contributed by atoms with E-state index in [1.165, 1.54) is 36.0 Å². The topological polar surface area (TPSA) is 93.5 Å². The minimum absolute atomic E-state index is 0.0986. The number of morpholine rings is 1. The van der Waals surface area contributed by atoms with Crippen molar-refractivity contribution in [2.75, 3.05) is 38.3 Å². The van der Waals surface area contributed by atoms with E-state index in [4.69, 9.17) is 4.74 Å². The van der Waals surface area contributed by atoms with Crippen LogP contribution in [-0.4, -0.2) is 63.7 Å². The summed E-state index contributed by atoms with van der Waals surface area (Å²) in [6.45, 7) is 2.78. The lowest BCUT2D eigenvalue weighted by molar-refractivity contribution is -0.137. The number of likely N-dealkylation sites (N-methyl/N-ethyl adjacent to an activating group) is 1. The molecular formula is C37H34F4N6O3S. The second-order valence-electron chi connectivity index (χ2n) is 12.1. The molecule has 0 unspecified atom stereocenters. The molecule has 1 fully saturated rings. The lowest BCUT2D eigenvalue weighted by Crippen LogP contribution is -2.37. The lowest BCUT2D eigenvalue weighted by Gasteiger charge is -2.26. The molecule has 0 aliphatic carbocycles. The van der Waals surface area contributed by atoms with E-state index >= 15 is 0 Å². The molecule has 6 rings (SSSR count). The van der Waals surface area contributed by atoms with Crippen molar-refractivity contribution in [3.8, 4) is 11.1 Å². The summed E-state index contributed by atoms with van der Waals surface area (Å²) in [6, 6.07) is 18.2. The fourth-order valence-corrected chi connectivity index (χ4v) is 6.39. The van der Waals surface area contributed by atoms with Crippen LogP contribution in [0.5, 0.6) is 0 Å². The molecule has 1 aliphatic heterocycles. The highest BCUT2D eigenvalue weighted by Gasteiger charge is 2.30. The number of halogens is 4. The normalized spacial score (nSPS) is 13.3. The minimum Gasteiger partial charge on any atom is -0.378 e. The molecule has 3 heterocycles. The molecule has 0 bridgehead atoms. The van der Waals surface area contributed by atoms with Gasteiger partial charge in [0.05, 0.1) is 18.8 Å². The van der Waals surface area contributed by atoms with Crippen LogP contribution in [0.25, 0.3) is 11.1 Å². The van der Waals surface area contributed by atoms with Crippen LogP contribution in [0, 0.1) is 5.82 Å². The van der Waals surface area contributed by atoms with Crippen molar-refractivity contribution in [1.29, 1.82) is 0 Å². The standard InChI is InChI=1S/C37H34F4N6O3S/c1-45(21-25-2-6-28(7-3-25)29-8-10-31(11-9-29)37(39,40)41)33(48)23-47-22-30(18-27-19-42-35(43-20-27)46-14-16-50-17-15-46)34(49)44-36(47)51-24-26-4-12-32(38)13-5-26/h2-13,19-20,22H,14-18,21,23-24H2,1H3. The van der Waals surface area contributed by atoms with Gasteiger partial charge < -0.3 is 19.1 Å². The van der Waals surface area contributed by atoms with Crippen LogP contribution in [-0.2, 0) is 41.0 Å². The molecule has 264 valence electrons. The number of carbonyl (C=O) groups is 1. The minimum atomic E-state index is -4.40. The van der Waals surface area contributed by atoms with E-state index in [1.54, 1.807) is 59.4 Å². The van der Waals surface area contributed by atoms with Crippen LogP contribution in [0.4, 0.5) is 23.5 Å². The van der Waals surface area contributed by atoms with Gasteiger partial charge in [-0.05, 0) is 52.1 Å². The SMILES string of the molecule is CN(Cc1ccc(-c2ccc(C(F)(F)F)cc2)cc1)C(=O)Cn1cc(Cc2cnc(N3CCOCC3)nc2)c(=O)nc1SCc1ccc(F)cc1. The average molecular weight is 719 g/mol. The zero-order chi connectivity index (χ0) is 36.0. The van der Waals surface area contributed by atoms with Crippen molar-refractivity contribution in [3.05, 3.63) is 135 Å². The number of benzene rings is 3. The Kier molecular flexibility index (Phi) is 11.1. The van der Waals surface area contributed by atoms with Crippen LogP contribution in [0.2, 0.25) is 0 Å². The maximum atomic E-state index is 13.5. The number of carbonyl (C=O) groups excluding carboxylic acids is 1. The fourth-order valence-electron chi connectivity index (χ4n) is 5.47. The Balaban J connectivity index is 1.16. The number of hydrogen-bond donors (Lipinski definition) is 0. The highest BCUT2D eigenvalue weighted by atomic mass is 32.2. The van der Waals surface area contributed by atoms with E-state index in [0.717, 1.165) is 28.8 Å². The third-order valence-corrected chi connectivity index (χ3v) is 9.40. The number of alkyl halides is 3. The number of rotatable bonds is 11. The van der Waals surface area contributed by atoms with Gasteiger partial charge in [-0.2, -0.15) is 18.2 Å². The molecule has 0 spiro atoms. The van der Waals surface area contributed by atoms with Crippen molar-refractivity contribution in [2.24, 2.45) is 0 Å². The number of aromatic nitrogens is 4. The van der Waals surface area contributed by atoms with Crippen molar-refractivity contribution in [1.82, 2.24) is 24.4 Å². The largest absolute Gasteiger partial charge is 0.416 e. The molecule has 3 aromatic carbocycles. The summed E-state index contributed by atoms with van der Waals surface area (Å²) < 4.78 is 59.4. The van der Waals surface area contributed by atoms with Gasteiger partial charge in [-0.1, -0.05) is 60.3 Å². The number of anilines is 1. The van der Waals surface area contributed by atoms with E-state index < -0.39 is 17.3 Å². The molecule has 51 heavy (non-hydrogen) atoms. The van der Waals surface area contributed by atoms with Crippen molar-refractivity contribution >= 4 is 23.6 Å². The Hall–Kier alpha value is -5.08. The molecule has 14 heteroatoms. The summed E-state index contributed by atoms with van der Waals surface area (Å²) in [5.74, 6) is 0.402. The molecule has 0 N–H and O–H groups in total. The van der Waals surface area contributed by atoms with Gasteiger partial charge in [-0.3, -0.25) is 9.59 Å². The number of thioether (sulfide) groups is 1. The Morgan fingerprint density at radius 3 is 2.12 bits per heavy atom. The smallest absolute Gasteiger partial charge is 0.378 e. The second kappa shape index (κ2) is 15.9. The predicted molar refractivity (Wildman–Crippen MR) is 186 cm³/mol. The molecule has 1 aliphatic rings. The number of hydrogen-bond acceptors (Lipinski definition) is 8. The summed E-state index contributed by atoms with van der Waals surface area (Å²) in [5.41, 5.74) is 2.99. The van der Waals surface area contributed by atoms with Crippen LogP contribution in [0.3, 0.4) is 0 Å². The summed E-state index contributed by atoms with van der Waals surface area (Å²) in [7, 11) is 1.67. The van der Waals surface area contributed by atoms with Gasteiger partial charge in [0.25, 0.3) is 5.56 Å². The average Bonchev–Trinajstić information content (AvgIpc) is 3.13. The number of ether oxygens (including phenoxy) is 1. The summed E-state index contributed by atoms with van der Waals surface area (Å²) in [4.78, 5) is 43.7. The highest BCUT2D eigenvalue weighted by molar-refractivity contribution is 7.98. The van der Waals surface area contributed by atoms with Gasteiger partial charge in [-0.15, -0.1) is 0 Å². The quantitative estimate of drug-likeness (QED) is 0.0902. The molecule has 9 nitrogen and oxygen atoms in total. The first kappa shape index (κ1) is 35.7. The van der Waals surface area contributed by atoms with Crippen LogP contribution in [0.1, 0.15) is 27.8 Å². The molecule has 0 atom stereocenters. The van der Waals surface area contributed by atoms with E-state index in [2.05, 4.69) is 15.0 Å². The molecule has 5 aromatic rings. The Labute approximate surface area is 295 Å². The summed E-state index contributed by atoms with van der Waals surface area (Å²) in [6.07, 6.45) is 0.816. The summed E-state index contributed by atoms with van der Waals surface area (Å²) in [5, 5.41) is 0.342. The fraction of sp³-hybridized carbons (Fsp3) is 0.270. The monoisotopic (exact) mass is 718 g/mol. The van der Waals surface area contributed by atoms with Crippen LogP contribution in [0.15, 0.2) is 101 Å². The van der Waals surface area contributed by atoms with Crippen LogP contribution >= 0.6 is 11.8 Å². The van der Waals surface area contributed by atoms with Gasteiger partial charge in [0.15, 0.2) is 5.16 Å². The maximum absolute atomic E-state index is 13.5. The van der Waals surface area contributed by atoms with E-state index in [1.807, 2.05) is 17.0 Å². The Morgan fingerprint density at radius 2 is 1.49 bits per heavy atom. The van der Waals surface area contributed by atoms with Gasteiger partial charge >= 0.3 is 6.18 Å². The maximum Gasteiger partial charge on any atom is 0.416 e. The molecule has 1 amide bonds. The lowest BCUT2D eigenvalue weighted by atomic mass is 10.0. The first-order valence-corrected chi connectivity index (χ1v) is 17.1. The van der Waals surface area contributed by atoms with Gasteiger partial charge in [0.1, 0.15) is 12.4 Å². The second-order valence-corrected chi connectivity index (χ2v) is 13.0. The van der Waals surface area contributed by atoms with Crippen molar-refractivity contribution < 1.29 is 27.1 Å². The molecule has 0 saturated carbocycles. The zero-order valence-corrected chi connectivity index (χ0v) is 28.5. The van der Waals surface area contributed by atoms with Crippen molar-refractivity contribution in [3.63, 3.8) is 0 Å². The van der Waals surface area contributed by atoms with E-state index in [-0.39, 0.29) is 31.2 Å². The Morgan fingerprint density at radius 1 is 0.882 bits per heavy atom. The first-order chi connectivity index (χ1) is 24.5. The Bertz CT molecular complexity index is 2000. The van der Waals surface area contributed by atoms with Gasteiger partial charge in [-0.25, -0.2) is 14.4 Å². The molecule has 0 radical (unpaired) electrons. The first-order valence-electron chi connectivity index (χ1n) is 16.1. The van der Waals surface area contributed by atoms with E-state index in [9.17, 15) is 27.2 Å². The predicted octanol–water partition coefficient (Wildman–Crippen LogP) is 6.24. The summed E-state index contributed by atoms with van der Waals surface area (Å²) >= 11 is 1.27. The van der Waals surface area contributed by atoms with Crippen LogP contribution < -0.4 is 10.5 Å². The molecule has 1 saturated heterocycles. The molecule has 2 aromatic heterocycles. The van der Waals surface area contributed by atoms with Gasteiger partial charge in [0.2, 0.25) is 11.9 Å². The highest BCUT2D eigenvalue weighted by Crippen LogP contribution is 2.31. The number of nitrogens with zero attached hydrogens (tertiary/aromatic N) is 6. The van der Waals surface area contributed by atoms with E-state index in [0.29, 0.717) is 59.9 Å². The third-order valence-electron chi connectivity index (χ3n) is 8.34. The zero-order valence-electron chi connectivity index (χ0n) is 27.6. The number of amides is 1. The van der Waals surface area contributed by atoms with Gasteiger partial charge in [0, 0.05) is 63.0 Å².